The van der Waals surface area contributed by atoms with E-state index in [0.29, 0.717) is 0 Å². The van der Waals surface area contributed by atoms with Crippen molar-refractivity contribution in [1.82, 2.24) is 5.32 Å². The van der Waals surface area contributed by atoms with Crippen LogP contribution in [-0.4, -0.2) is 0 Å². The van der Waals surface area contributed by atoms with Gasteiger partial charge in [0.05, 0.1) is 0 Å². The average molecular weight is 294 g/mol. The zero-order valence-corrected chi connectivity index (χ0v) is 13.9. The summed E-state index contributed by atoms with van der Waals surface area (Å²) >= 11 is 3.79. The summed E-state index contributed by atoms with van der Waals surface area (Å²) < 4.78 is 0. The molecule has 3 heteroatoms. The zero-order chi connectivity index (χ0) is 13.9. The van der Waals surface area contributed by atoms with Crippen molar-refractivity contribution in [3.63, 3.8) is 0 Å². The molecule has 2 aromatic rings. The molecule has 1 N–H and O–H groups in total. The van der Waals surface area contributed by atoms with Crippen molar-refractivity contribution < 1.29 is 0 Å². The first-order valence-electron chi connectivity index (χ1n) is 6.86. The predicted molar refractivity (Wildman–Crippen MR) is 87.3 cm³/mol. The molecule has 0 aromatic carbocycles. The Labute approximate surface area is 124 Å². The summed E-state index contributed by atoms with van der Waals surface area (Å²) in [7, 11) is 0. The van der Waals surface area contributed by atoms with Gasteiger partial charge in [0, 0.05) is 27.7 Å². The monoisotopic (exact) mass is 293 g/mol. The fourth-order valence-corrected chi connectivity index (χ4v) is 3.99. The highest BCUT2D eigenvalue weighted by Gasteiger charge is 2.15. The van der Waals surface area contributed by atoms with Crippen LogP contribution in [0, 0.1) is 0 Å². The Balaban J connectivity index is 1.88. The summed E-state index contributed by atoms with van der Waals surface area (Å²) in [5.74, 6) is 0. The summed E-state index contributed by atoms with van der Waals surface area (Å²) in [4.78, 5) is 4.38. The van der Waals surface area contributed by atoms with E-state index >= 15 is 0 Å². The molecule has 2 heterocycles. The Hall–Kier alpha value is -0.640. The average Bonchev–Trinajstić information content (AvgIpc) is 2.96. The molecule has 1 nitrogen and oxygen atoms in total. The van der Waals surface area contributed by atoms with Gasteiger partial charge >= 0.3 is 0 Å². The van der Waals surface area contributed by atoms with Crippen molar-refractivity contribution in [3.05, 3.63) is 43.8 Å². The maximum atomic E-state index is 3.56. The number of hydrogen-bond donors (Lipinski definition) is 1. The van der Waals surface area contributed by atoms with Gasteiger partial charge in [-0.15, -0.1) is 22.7 Å². The Bertz CT molecular complexity index is 517. The topological polar surface area (TPSA) is 12.0 Å². The highest BCUT2D eigenvalue weighted by molar-refractivity contribution is 7.12. The molecule has 2 aromatic heterocycles. The molecule has 0 radical (unpaired) electrons. The third-order valence-corrected chi connectivity index (χ3v) is 5.68. The van der Waals surface area contributed by atoms with Gasteiger partial charge in [0.15, 0.2) is 0 Å². The molecule has 0 aliphatic rings. The molecule has 0 fully saturated rings. The summed E-state index contributed by atoms with van der Waals surface area (Å²) in [6.45, 7) is 11.0. The zero-order valence-electron chi connectivity index (χ0n) is 12.2. The lowest BCUT2D eigenvalue weighted by atomic mass is 9.95. The van der Waals surface area contributed by atoms with E-state index in [9.17, 15) is 0 Å². The summed E-state index contributed by atoms with van der Waals surface area (Å²) in [5.41, 5.74) is 1.76. The number of rotatable bonds is 5. The van der Waals surface area contributed by atoms with E-state index in [1.165, 1.54) is 20.2 Å². The minimum Gasteiger partial charge on any atom is -0.307 e. The highest BCUT2D eigenvalue weighted by atomic mass is 32.1. The molecule has 0 unspecified atom stereocenters. The molecule has 0 amide bonds. The van der Waals surface area contributed by atoms with E-state index in [1.807, 2.05) is 22.7 Å². The fourth-order valence-electron chi connectivity index (χ4n) is 2.01. The number of hydrogen-bond acceptors (Lipinski definition) is 3. The van der Waals surface area contributed by atoms with Crippen LogP contribution in [-0.2, 0) is 24.9 Å². The third kappa shape index (κ3) is 3.91. The number of nitrogens with one attached hydrogen (secondary N) is 1. The minimum atomic E-state index is 0.270. The van der Waals surface area contributed by atoms with Crippen LogP contribution in [0.2, 0.25) is 0 Å². The van der Waals surface area contributed by atoms with Crippen LogP contribution in [0.3, 0.4) is 0 Å². The van der Waals surface area contributed by atoms with E-state index in [2.05, 4.69) is 56.6 Å². The summed E-state index contributed by atoms with van der Waals surface area (Å²) in [6.07, 6.45) is 1.13. The normalized spacial score (nSPS) is 12.0. The van der Waals surface area contributed by atoms with E-state index in [4.69, 9.17) is 0 Å². The van der Waals surface area contributed by atoms with Crippen LogP contribution in [0.15, 0.2) is 23.6 Å². The molecular formula is C16H23NS2. The molecule has 0 bridgehead atoms. The third-order valence-electron chi connectivity index (χ3n) is 3.20. The Kier molecular flexibility index (Phi) is 4.82. The lowest BCUT2D eigenvalue weighted by molar-refractivity contribution is 0.604. The van der Waals surface area contributed by atoms with Crippen LogP contribution in [0.1, 0.15) is 47.9 Å². The largest absolute Gasteiger partial charge is 0.307 e. The SMILES string of the molecule is CCc1ccsc1CNCc1ccc(C(C)(C)C)s1. The second-order valence-electron chi connectivity index (χ2n) is 5.84. The van der Waals surface area contributed by atoms with Crippen molar-refractivity contribution in [2.24, 2.45) is 0 Å². The van der Waals surface area contributed by atoms with E-state index in [0.717, 1.165) is 19.5 Å². The van der Waals surface area contributed by atoms with Gasteiger partial charge < -0.3 is 5.32 Å². The van der Waals surface area contributed by atoms with Crippen molar-refractivity contribution in [2.45, 2.75) is 52.6 Å². The van der Waals surface area contributed by atoms with Gasteiger partial charge in [0.25, 0.3) is 0 Å². The first-order chi connectivity index (χ1) is 9.00. The maximum absolute atomic E-state index is 3.56. The van der Waals surface area contributed by atoms with Gasteiger partial charge in [0.1, 0.15) is 0 Å². The quantitative estimate of drug-likeness (QED) is 0.821. The smallest absolute Gasteiger partial charge is 0.0305 e. The standard InChI is InChI=1S/C16H23NS2/c1-5-12-8-9-18-14(12)11-17-10-13-6-7-15(19-13)16(2,3)4/h6-9,17H,5,10-11H2,1-4H3. The molecule has 0 spiro atoms. The van der Waals surface area contributed by atoms with Crippen LogP contribution in [0.4, 0.5) is 0 Å². The van der Waals surface area contributed by atoms with Crippen molar-refractivity contribution in [3.8, 4) is 0 Å². The second-order valence-corrected chi connectivity index (χ2v) is 8.01. The van der Waals surface area contributed by atoms with Gasteiger partial charge in [-0.25, -0.2) is 0 Å². The first-order valence-corrected chi connectivity index (χ1v) is 8.55. The lowest BCUT2D eigenvalue weighted by Crippen LogP contribution is -2.12. The Morgan fingerprint density at radius 1 is 1.11 bits per heavy atom. The highest BCUT2D eigenvalue weighted by Crippen LogP contribution is 2.29. The van der Waals surface area contributed by atoms with Crippen LogP contribution >= 0.6 is 22.7 Å². The minimum absolute atomic E-state index is 0.270. The van der Waals surface area contributed by atoms with Crippen molar-refractivity contribution in [2.75, 3.05) is 0 Å². The molecule has 2 rings (SSSR count). The van der Waals surface area contributed by atoms with Gasteiger partial charge in [-0.05, 0) is 41.0 Å². The van der Waals surface area contributed by atoms with E-state index < -0.39 is 0 Å². The van der Waals surface area contributed by atoms with Gasteiger partial charge in [-0.2, -0.15) is 0 Å². The van der Waals surface area contributed by atoms with Crippen molar-refractivity contribution >= 4 is 22.7 Å². The number of thiophene rings is 2. The van der Waals surface area contributed by atoms with Crippen LogP contribution in [0.25, 0.3) is 0 Å². The molecule has 0 saturated heterocycles. The van der Waals surface area contributed by atoms with E-state index in [-0.39, 0.29) is 5.41 Å². The molecule has 19 heavy (non-hydrogen) atoms. The molecule has 0 saturated carbocycles. The Morgan fingerprint density at radius 2 is 1.89 bits per heavy atom. The fraction of sp³-hybridized carbons (Fsp3) is 0.500. The van der Waals surface area contributed by atoms with E-state index in [1.54, 1.807) is 0 Å². The van der Waals surface area contributed by atoms with Crippen LogP contribution < -0.4 is 5.32 Å². The number of aryl methyl sites for hydroxylation is 1. The van der Waals surface area contributed by atoms with Crippen LogP contribution in [0.5, 0.6) is 0 Å². The second kappa shape index (κ2) is 6.21. The predicted octanol–water partition coefficient (Wildman–Crippen LogP) is 4.96. The summed E-state index contributed by atoms with van der Waals surface area (Å²) in [6, 6.07) is 6.77. The molecule has 0 atom stereocenters. The maximum Gasteiger partial charge on any atom is 0.0305 e. The van der Waals surface area contributed by atoms with Gasteiger partial charge in [-0.3, -0.25) is 0 Å². The molecule has 104 valence electrons. The van der Waals surface area contributed by atoms with Gasteiger partial charge in [-0.1, -0.05) is 27.7 Å². The first kappa shape index (κ1) is 14.8. The molecule has 0 aliphatic heterocycles. The molecular weight excluding hydrogens is 270 g/mol. The van der Waals surface area contributed by atoms with Crippen molar-refractivity contribution in [1.29, 1.82) is 0 Å². The summed E-state index contributed by atoms with van der Waals surface area (Å²) in [5, 5.41) is 5.76. The Morgan fingerprint density at radius 3 is 2.53 bits per heavy atom. The molecule has 0 aliphatic carbocycles. The lowest BCUT2D eigenvalue weighted by Gasteiger charge is -2.15. The van der Waals surface area contributed by atoms with Gasteiger partial charge in [0.2, 0.25) is 0 Å².